The van der Waals surface area contributed by atoms with Crippen LogP contribution in [0.1, 0.15) is 38.5 Å². The Labute approximate surface area is 112 Å². The molecule has 2 aliphatic rings. The highest BCUT2D eigenvalue weighted by Gasteiger charge is 2.42. The van der Waals surface area contributed by atoms with Crippen LogP contribution >= 0.6 is 0 Å². The second-order valence-electron chi connectivity index (χ2n) is 5.49. The molecule has 0 radical (unpaired) electrons. The van der Waals surface area contributed by atoms with Crippen LogP contribution in [-0.2, 0) is 14.4 Å². The molecule has 0 aromatic rings. The molecular formula is C13H20N2O4. The summed E-state index contributed by atoms with van der Waals surface area (Å²) in [7, 11) is 0. The normalized spacial score (nSPS) is 22.7. The lowest BCUT2D eigenvalue weighted by Crippen LogP contribution is -2.51. The maximum Gasteiger partial charge on any atom is 0.310 e. The van der Waals surface area contributed by atoms with Gasteiger partial charge in [-0.25, -0.2) is 0 Å². The second kappa shape index (κ2) is 5.59. The number of piperazine rings is 1. The predicted molar refractivity (Wildman–Crippen MR) is 67.4 cm³/mol. The zero-order chi connectivity index (χ0) is 13.9. The summed E-state index contributed by atoms with van der Waals surface area (Å²) < 4.78 is 0. The minimum absolute atomic E-state index is 0.0234. The number of amides is 2. The second-order valence-corrected chi connectivity index (χ2v) is 5.49. The van der Waals surface area contributed by atoms with Crippen molar-refractivity contribution in [3.8, 4) is 0 Å². The molecule has 1 saturated heterocycles. The van der Waals surface area contributed by atoms with Gasteiger partial charge in [0, 0.05) is 19.5 Å². The first-order valence-electron chi connectivity index (χ1n) is 6.81. The summed E-state index contributed by atoms with van der Waals surface area (Å²) in [6.07, 6.45) is 3.91. The van der Waals surface area contributed by atoms with Crippen molar-refractivity contribution < 1.29 is 19.5 Å². The molecule has 1 heterocycles. The Morgan fingerprint density at radius 2 is 1.95 bits per heavy atom. The Hall–Kier alpha value is -1.59. The highest BCUT2D eigenvalue weighted by atomic mass is 16.4. The van der Waals surface area contributed by atoms with Crippen molar-refractivity contribution in [2.75, 3.05) is 19.6 Å². The Morgan fingerprint density at radius 3 is 2.53 bits per heavy atom. The molecule has 0 unspecified atom stereocenters. The molecule has 1 aliphatic carbocycles. The van der Waals surface area contributed by atoms with Crippen LogP contribution in [0.15, 0.2) is 0 Å². The van der Waals surface area contributed by atoms with Gasteiger partial charge in [-0.3, -0.25) is 14.4 Å². The molecule has 19 heavy (non-hydrogen) atoms. The van der Waals surface area contributed by atoms with Gasteiger partial charge in [-0.2, -0.15) is 0 Å². The molecule has 0 atom stereocenters. The molecule has 1 saturated carbocycles. The predicted octanol–water partition coefficient (Wildman–Crippen LogP) is 0.370. The van der Waals surface area contributed by atoms with Crippen LogP contribution < -0.4 is 5.32 Å². The molecule has 0 spiro atoms. The summed E-state index contributed by atoms with van der Waals surface area (Å²) in [5.41, 5.74) is -0.913. The average molecular weight is 268 g/mol. The van der Waals surface area contributed by atoms with Crippen LogP contribution in [0.25, 0.3) is 0 Å². The standard InChI is InChI=1S/C13H20N2O4/c16-10-9-15(7-6-14-10)11(17)8-13(12(18)19)4-2-1-3-5-13/h1-9H2,(H,14,16)(H,18,19). The van der Waals surface area contributed by atoms with Gasteiger partial charge in [-0.1, -0.05) is 19.3 Å². The van der Waals surface area contributed by atoms with Crippen LogP contribution in [0.2, 0.25) is 0 Å². The number of nitrogens with zero attached hydrogens (tertiary/aromatic N) is 1. The van der Waals surface area contributed by atoms with Crippen molar-refractivity contribution in [3.05, 3.63) is 0 Å². The van der Waals surface area contributed by atoms with Gasteiger partial charge in [0.2, 0.25) is 11.8 Å². The van der Waals surface area contributed by atoms with Gasteiger partial charge >= 0.3 is 5.97 Å². The van der Waals surface area contributed by atoms with E-state index < -0.39 is 11.4 Å². The lowest BCUT2D eigenvalue weighted by atomic mass is 9.71. The molecule has 0 aromatic carbocycles. The third kappa shape index (κ3) is 3.05. The van der Waals surface area contributed by atoms with E-state index in [1.807, 2.05) is 0 Å². The van der Waals surface area contributed by atoms with Gasteiger partial charge in [0.05, 0.1) is 12.0 Å². The molecule has 6 nitrogen and oxygen atoms in total. The third-order valence-electron chi connectivity index (χ3n) is 4.15. The maximum atomic E-state index is 12.2. The fourth-order valence-corrected chi connectivity index (χ4v) is 2.95. The number of carboxylic acid groups (broad SMARTS) is 1. The molecule has 106 valence electrons. The van der Waals surface area contributed by atoms with Crippen molar-refractivity contribution in [1.29, 1.82) is 0 Å². The van der Waals surface area contributed by atoms with Crippen LogP contribution in [0.5, 0.6) is 0 Å². The van der Waals surface area contributed by atoms with E-state index in [0.717, 1.165) is 19.3 Å². The summed E-state index contributed by atoms with van der Waals surface area (Å²) in [5.74, 6) is -1.26. The minimum atomic E-state index is -0.913. The van der Waals surface area contributed by atoms with E-state index in [0.29, 0.717) is 25.9 Å². The van der Waals surface area contributed by atoms with Gasteiger partial charge in [0.25, 0.3) is 0 Å². The summed E-state index contributed by atoms with van der Waals surface area (Å²) in [5, 5.41) is 12.1. The number of carboxylic acids is 1. The summed E-state index contributed by atoms with van der Waals surface area (Å²) in [6.45, 7) is 0.972. The fraction of sp³-hybridized carbons (Fsp3) is 0.769. The van der Waals surface area contributed by atoms with E-state index in [2.05, 4.69) is 5.32 Å². The number of hydrogen-bond acceptors (Lipinski definition) is 3. The molecule has 0 bridgehead atoms. The first kappa shape index (κ1) is 13.8. The third-order valence-corrected chi connectivity index (χ3v) is 4.15. The molecule has 1 aliphatic heterocycles. The number of aliphatic carboxylic acids is 1. The van der Waals surface area contributed by atoms with Gasteiger partial charge < -0.3 is 15.3 Å². The molecule has 2 fully saturated rings. The highest BCUT2D eigenvalue weighted by Crippen LogP contribution is 2.40. The SMILES string of the molecule is O=C1CN(C(=O)CC2(C(=O)O)CCCCC2)CCN1. The fourth-order valence-electron chi connectivity index (χ4n) is 2.95. The molecule has 0 aromatic heterocycles. The minimum Gasteiger partial charge on any atom is -0.481 e. The van der Waals surface area contributed by atoms with Crippen LogP contribution in [0, 0.1) is 5.41 Å². The first-order chi connectivity index (χ1) is 9.03. The van der Waals surface area contributed by atoms with Gasteiger partial charge in [-0.05, 0) is 12.8 Å². The Balaban J connectivity index is 2.02. The van der Waals surface area contributed by atoms with Crippen molar-refractivity contribution in [1.82, 2.24) is 10.2 Å². The summed E-state index contributed by atoms with van der Waals surface area (Å²) >= 11 is 0. The zero-order valence-corrected chi connectivity index (χ0v) is 11.0. The van der Waals surface area contributed by atoms with Gasteiger partial charge in [-0.15, -0.1) is 0 Å². The van der Waals surface area contributed by atoms with Crippen LogP contribution in [-0.4, -0.2) is 47.4 Å². The number of carbonyl (C=O) groups is 3. The molecule has 2 rings (SSSR count). The maximum absolute atomic E-state index is 12.2. The number of carbonyl (C=O) groups excluding carboxylic acids is 2. The van der Waals surface area contributed by atoms with Crippen molar-refractivity contribution in [2.24, 2.45) is 5.41 Å². The smallest absolute Gasteiger partial charge is 0.310 e. The lowest BCUT2D eigenvalue weighted by Gasteiger charge is -2.35. The number of hydrogen-bond donors (Lipinski definition) is 2. The zero-order valence-electron chi connectivity index (χ0n) is 11.0. The van der Waals surface area contributed by atoms with E-state index in [4.69, 9.17) is 0 Å². The first-order valence-corrected chi connectivity index (χ1v) is 6.81. The lowest BCUT2D eigenvalue weighted by molar-refractivity contribution is -0.156. The van der Waals surface area contributed by atoms with Crippen molar-refractivity contribution >= 4 is 17.8 Å². The van der Waals surface area contributed by atoms with E-state index in [1.54, 1.807) is 0 Å². The molecule has 6 heteroatoms. The van der Waals surface area contributed by atoms with Crippen molar-refractivity contribution in [3.63, 3.8) is 0 Å². The quantitative estimate of drug-likeness (QED) is 0.774. The van der Waals surface area contributed by atoms with E-state index in [9.17, 15) is 19.5 Å². The summed E-state index contributed by atoms with van der Waals surface area (Å²) in [4.78, 5) is 36.4. The van der Waals surface area contributed by atoms with Crippen LogP contribution in [0.4, 0.5) is 0 Å². The summed E-state index contributed by atoms with van der Waals surface area (Å²) in [6, 6.07) is 0. The van der Waals surface area contributed by atoms with E-state index >= 15 is 0 Å². The van der Waals surface area contributed by atoms with E-state index in [1.165, 1.54) is 4.90 Å². The molecule has 2 amide bonds. The van der Waals surface area contributed by atoms with Crippen molar-refractivity contribution in [2.45, 2.75) is 38.5 Å². The average Bonchev–Trinajstić information content (AvgIpc) is 2.39. The number of nitrogens with one attached hydrogen (secondary N) is 1. The number of rotatable bonds is 3. The highest BCUT2D eigenvalue weighted by molar-refractivity contribution is 5.89. The van der Waals surface area contributed by atoms with Crippen LogP contribution in [0.3, 0.4) is 0 Å². The molecular weight excluding hydrogens is 248 g/mol. The largest absolute Gasteiger partial charge is 0.481 e. The van der Waals surface area contributed by atoms with E-state index in [-0.39, 0.29) is 24.8 Å². The topological polar surface area (TPSA) is 86.7 Å². The Bertz CT molecular complexity index is 388. The molecule has 2 N–H and O–H groups in total. The van der Waals surface area contributed by atoms with Gasteiger partial charge in [0.15, 0.2) is 0 Å². The Kier molecular flexibility index (Phi) is 4.07. The Morgan fingerprint density at radius 1 is 1.26 bits per heavy atom. The monoisotopic (exact) mass is 268 g/mol. The van der Waals surface area contributed by atoms with Gasteiger partial charge in [0.1, 0.15) is 0 Å².